The van der Waals surface area contributed by atoms with Gasteiger partial charge in [-0.15, -0.1) is 0 Å². The third-order valence-corrected chi connectivity index (χ3v) is 2.23. The van der Waals surface area contributed by atoms with Crippen LogP contribution in [0.3, 0.4) is 0 Å². The van der Waals surface area contributed by atoms with Gasteiger partial charge in [0.2, 0.25) is 0 Å². The summed E-state index contributed by atoms with van der Waals surface area (Å²) in [6, 6.07) is 6.84. The number of nitrogens with zero attached hydrogens (tertiary/aromatic N) is 2. The van der Waals surface area contributed by atoms with Crippen molar-refractivity contribution in [3.63, 3.8) is 0 Å². The van der Waals surface area contributed by atoms with Crippen molar-refractivity contribution in [3.05, 3.63) is 30.1 Å². The minimum atomic E-state index is -2.57. The Bertz CT molecular complexity index is 465. The standard InChI is InChI=1S/C10H11F2N3/c11-10(12)15-8-4-2-1-3-7(8)14-9(15)5-6-13/h1-4,10H,5-6,13H2. The molecule has 0 saturated heterocycles. The molecule has 0 aliphatic carbocycles. The van der Waals surface area contributed by atoms with E-state index in [2.05, 4.69) is 4.98 Å². The second-order valence-corrected chi connectivity index (χ2v) is 3.20. The molecule has 1 aromatic carbocycles. The molecule has 15 heavy (non-hydrogen) atoms. The molecule has 2 N–H and O–H groups in total. The minimum absolute atomic E-state index is 0.316. The molecule has 0 unspecified atom stereocenters. The summed E-state index contributed by atoms with van der Waals surface area (Å²) in [7, 11) is 0. The van der Waals surface area contributed by atoms with Crippen molar-refractivity contribution in [3.8, 4) is 0 Å². The van der Waals surface area contributed by atoms with Crippen LogP contribution < -0.4 is 5.73 Å². The monoisotopic (exact) mass is 211 g/mol. The number of rotatable bonds is 3. The normalized spacial score (nSPS) is 11.5. The number of nitrogens with two attached hydrogens (primary N) is 1. The molecule has 0 saturated carbocycles. The van der Waals surface area contributed by atoms with E-state index in [9.17, 15) is 8.78 Å². The van der Waals surface area contributed by atoms with Crippen molar-refractivity contribution in [1.29, 1.82) is 0 Å². The predicted octanol–water partition coefficient (Wildman–Crippen LogP) is 1.93. The zero-order valence-corrected chi connectivity index (χ0v) is 8.03. The zero-order valence-electron chi connectivity index (χ0n) is 8.03. The SMILES string of the molecule is NCCc1nc2ccccc2n1C(F)F. The van der Waals surface area contributed by atoms with E-state index in [1.165, 1.54) is 0 Å². The molecule has 2 rings (SSSR count). The number of benzene rings is 1. The third-order valence-electron chi connectivity index (χ3n) is 2.23. The Labute approximate surface area is 85.5 Å². The smallest absolute Gasteiger partial charge is 0.320 e. The lowest BCUT2D eigenvalue weighted by atomic mass is 10.3. The Hall–Kier alpha value is -1.49. The molecule has 3 nitrogen and oxygen atoms in total. The average Bonchev–Trinajstić information content (AvgIpc) is 2.56. The second-order valence-electron chi connectivity index (χ2n) is 3.20. The predicted molar refractivity (Wildman–Crippen MR) is 53.7 cm³/mol. The quantitative estimate of drug-likeness (QED) is 0.843. The summed E-state index contributed by atoms with van der Waals surface area (Å²) in [5, 5.41) is 0. The highest BCUT2D eigenvalue weighted by Crippen LogP contribution is 2.22. The Morgan fingerprint density at radius 2 is 2.07 bits per heavy atom. The van der Waals surface area contributed by atoms with Crippen LogP contribution in [0.25, 0.3) is 11.0 Å². The molecule has 0 atom stereocenters. The van der Waals surface area contributed by atoms with Crippen LogP contribution in [-0.2, 0) is 6.42 Å². The van der Waals surface area contributed by atoms with E-state index in [1.807, 2.05) is 0 Å². The van der Waals surface area contributed by atoms with Gasteiger partial charge >= 0.3 is 6.55 Å². The highest BCUT2D eigenvalue weighted by atomic mass is 19.3. The first-order valence-electron chi connectivity index (χ1n) is 4.68. The molecule has 0 radical (unpaired) electrons. The van der Waals surface area contributed by atoms with Gasteiger partial charge in [0.25, 0.3) is 0 Å². The maximum absolute atomic E-state index is 12.8. The summed E-state index contributed by atoms with van der Waals surface area (Å²) in [4.78, 5) is 4.13. The van der Waals surface area contributed by atoms with Crippen LogP contribution >= 0.6 is 0 Å². The van der Waals surface area contributed by atoms with Crippen LogP contribution in [0.1, 0.15) is 12.4 Å². The highest BCUT2D eigenvalue weighted by Gasteiger charge is 2.16. The molecule has 0 bridgehead atoms. The van der Waals surface area contributed by atoms with E-state index in [-0.39, 0.29) is 0 Å². The van der Waals surface area contributed by atoms with Gasteiger partial charge < -0.3 is 5.73 Å². The molecular weight excluding hydrogens is 200 g/mol. The Morgan fingerprint density at radius 1 is 1.33 bits per heavy atom. The van der Waals surface area contributed by atoms with Gasteiger partial charge in [-0.1, -0.05) is 12.1 Å². The number of para-hydroxylation sites is 2. The summed E-state index contributed by atoms with van der Waals surface area (Å²) < 4.78 is 26.5. The summed E-state index contributed by atoms with van der Waals surface area (Å²) in [6.07, 6.45) is 0.360. The van der Waals surface area contributed by atoms with Crippen LogP contribution in [0.15, 0.2) is 24.3 Å². The molecule has 0 aliphatic heterocycles. The van der Waals surface area contributed by atoms with Gasteiger partial charge in [0, 0.05) is 6.42 Å². The van der Waals surface area contributed by atoms with E-state index >= 15 is 0 Å². The van der Waals surface area contributed by atoms with E-state index in [0.29, 0.717) is 29.8 Å². The van der Waals surface area contributed by atoms with Crippen molar-refractivity contribution in [1.82, 2.24) is 9.55 Å². The van der Waals surface area contributed by atoms with Crippen LogP contribution in [0.5, 0.6) is 0 Å². The number of fused-ring (bicyclic) bond motifs is 1. The zero-order chi connectivity index (χ0) is 10.8. The van der Waals surface area contributed by atoms with E-state index in [4.69, 9.17) is 5.73 Å². The van der Waals surface area contributed by atoms with Gasteiger partial charge in [-0.05, 0) is 18.7 Å². The maximum Gasteiger partial charge on any atom is 0.320 e. The fraction of sp³-hybridized carbons (Fsp3) is 0.300. The molecule has 5 heteroatoms. The molecule has 0 spiro atoms. The van der Waals surface area contributed by atoms with Gasteiger partial charge in [0.1, 0.15) is 5.82 Å². The Morgan fingerprint density at radius 3 is 2.73 bits per heavy atom. The summed E-state index contributed by atoms with van der Waals surface area (Å²) in [6.45, 7) is -2.25. The van der Waals surface area contributed by atoms with Crippen molar-refractivity contribution in [2.45, 2.75) is 13.0 Å². The number of imidazole rings is 1. The molecular formula is C10H11F2N3. The first-order chi connectivity index (χ1) is 7.24. The third kappa shape index (κ3) is 1.70. The fourth-order valence-corrected chi connectivity index (χ4v) is 1.62. The molecule has 80 valence electrons. The van der Waals surface area contributed by atoms with E-state index in [0.717, 1.165) is 4.57 Å². The highest BCUT2D eigenvalue weighted by molar-refractivity contribution is 5.75. The van der Waals surface area contributed by atoms with Crippen molar-refractivity contribution < 1.29 is 8.78 Å². The van der Waals surface area contributed by atoms with Crippen molar-refractivity contribution in [2.24, 2.45) is 5.73 Å². The number of alkyl halides is 2. The Kier molecular flexibility index (Phi) is 2.64. The molecule has 0 fully saturated rings. The lowest BCUT2D eigenvalue weighted by Gasteiger charge is -2.06. The van der Waals surface area contributed by atoms with Gasteiger partial charge in [-0.3, -0.25) is 4.57 Å². The number of hydrogen-bond donors (Lipinski definition) is 1. The van der Waals surface area contributed by atoms with Gasteiger partial charge in [0.15, 0.2) is 0 Å². The molecule has 1 aromatic heterocycles. The van der Waals surface area contributed by atoms with Crippen LogP contribution in [0.4, 0.5) is 8.78 Å². The summed E-state index contributed by atoms with van der Waals surface area (Å²) in [5.74, 6) is 0.341. The van der Waals surface area contributed by atoms with E-state index < -0.39 is 6.55 Å². The van der Waals surface area contributed by atoms with Crippen LogP contribution in [0.2, 0.25) is 0 Å². The second kappa shape index (κ2) is 3.94. The van der Waals surface area contributed by atoms with Crippen molar-refractivity contribution in [2.75, 3.05) is 6.54 Å². The topological polar surface area (TPSA) is 43.8 Å². The maximum atomic E-state index is 12.8. The largest absolute Gasteiger partial charge is 0.330 e. The fourth-order valence-electron chi connectivity index (χ4n) is 1.62. The van der Waals surface area contributed by atoms with Crippen LogP contribution in [-0.4, -0.2) is 16.1 Å². The summed E-state index contributed by atoms with van der Waals surface area (Å²) >= 11 is 0. The van der Waals surface area contributed by atoms with Gasteiger partial charge in [0.05, 0.1) is 11.0 Å². The molecule has 2 aromatic rings. The molecule has 0 amide bonds. The van der Waals surface area contributed by atoms with Crippen molar-refractivity contribution >= 4 is 11.0 Å². The molecule has 0 aliphatic rings. The van der Waals surface area contributed by atoms with Gasteiger partial charge in [-0.25, -0.2) is 4.98 Å². The van der Waals surface area contributed by atoms with Crippen LogP contribution in [0, 0.1) is 0 Å². The first-order valence-corrected chi connectivity index (χ1v) is 4.68. The lowest BCUT2D eigenvalue weighted by Crippen LogP contribution is -2.10. The lowest BCUT2D eigenvalue weighted by molar-refractivity contribution is 0.0716. The average molecular weight is 211 g/mol. The molecule has 1 heterocycles. The minimum Gasteiger partial charge on any atom is -0.330 e. The Balaban J connectivity index is 2.63. The van der Waals surface area contributed by atoms with Gasteiger partial charge in [-0.2, -0.15) is 8.78 Å². The van der Waals surface area contributed by atoms with E-state index in [1.54, 1.807) is 24.3 Å². The number of hydrogen-bond acceptors (Lipinski definition) is 2. The number of aromatic nitrogens is 2. The first kappa shape index (κ1) is 10.0. The number of halogens is 2. The summed E-state index contributed by atoms with van der Waals surface area (Å²) in [5.41, 5.74) is 6.39.